The highest BCUT2D eigenvalue weighted by atomic mass is 16.5. The van der Waals surface area contributed by atoms with E-state index in [2.05, 4.69) is 5.32 Å². The maximum absolute atomic E-state index is 11.7. The molecule has 0 fully saturated rings. The van der Waals surface area contributed by atoms with Crippen LogP contribution in [0.25, 0.3) is 0 Å². The van der Waals surface area contributed by atoms with Gasteiger partial charge in [0.15, 0.2) is 0 Å². The zero-order valence-electron chi connectivity index (χ0n) is 15.0. The maximum atomic E-state index is 11.7. The molecule has 0 spiro atoms. The Morgan fingerprint density at radius 3 is 2.59 bits per heavy atom. The molecule has 3 N–H and O–H groups in total. The third-order valence-corrected chi connectivity index (χ3v) is 4.03. The predicted molar refractivity (Wildman–Crippen MR) is 98.6 cm³/mol. The molecule has 144 valence electrons. The van der Waals surface area contributed by atoms with Crippen LogP contribution in [-0.4, -0.2) is 42.4 Å². The van der Waals surface area contributed by atoms with Gasteiger partial charge in [-0.25, -0.2) is 4.79 Å². The first-order valence-electron chi connectivity index (χ1n) is 8.49. The Morgan fingerprint density at radius 2 is 1.93 bits per heavy atom. The highest BCUT2D eigenvalue weighted by Crippen LogP contribution is 2.26. The second-order valence-electron chi connectivity index (χ2n) is 5.90. The summed E-state index contributed by atoms with van der Waals surface area (Å²) in [6.45, 7) is 0.247. The van der Waals surface area contributed by atoms with Crippen LogP contribution >= 0.6 is 0 Å². The van der Waals surface area contributed by atoms with Gasteiger partial charge >= 0.3 is 6.09 Å². The molecule has 2 rings (SSSR count). The molecule has 0 saturated carbocycles. The SMILES string of the molecule is COc1ccc(C=O)c(C(O)C(O)CCNC(=O)OCc2ccccc2)c1. The summed E-state index contributed by atoms with van der Waals surface area (Å²) in [6, 6.07) is 13.8. The third-order valence-electron chi connectivity index (χ3n) is 4.03. The Hall–Kier alpha value is -2.90. The number of hydrogen-bond acceptors (Lipinski definition) is 6. The number of methoxy groups -OCH3 is 1. The van der Waals surface area contributed by atoms with Gasteiger partial charge in [0, 0.05) is 12.1 Å². The van der Waals surface area contributed by atoms with E-state index in [-0.39, 0.29) is 30.7 Å². The van der Waals surface area contributed by atoms with Crippen molar-refractivity contribution < 1.29 is 29.3 Å². The van der Waals surface area contributed by atoms with Gasteiger partial charge in [-0.2, -0.15) is 0 Å². The van der Waals surface area contributed by atoms with Crippen LogP contribution in [-0.2, 0) is 11.3 Å². The van der Waals surface area contributed by atoms with Crippen LogP contribution in [0, 0.1) is 0 Å². The molecule has 0 heterocycles. The number of carbonyl (C=O) groups is 2. The third kappa shape index (κ3) is 6.09. The van der Waals surface area contributed by atoms with Gasteiger partial charge in [-0.3, -0.25) is 4.79 Å². The zero-order chi connectivity index (χ0) is 19.6. The van der Waals surface area contributed by atoms with Crippen LogP contribution < -0.4 is 10.1 Å². The summed E-state index contributed by atoms with van der Waals surface area (Å²) < 4.78 is 10.1. The van der Waals surface area contributed by atoms with Crippen molar-refractivity contribution in [2.45, 2.75) is 25.2 Å². The largest absolute Gasteiger partial charge is 0.497 e. The van der Waals surface area contributed by atoms with Gasteiger partial charge in [0.25, 0.3) is 0 Å². The Bertz CT molecular complexity index is 749. The quantitative estimate of drug-likeness (QED) is 0.582. The number of aliphatic hydroxyl groups is 2. The van der Waals surface area contributed by atoms with Crippen LogP contribution in [0.2, 0.25) is 0 Å². The maximum Gasteiger partial charge on any atom is 0.407 e. The lowest BCUT2D eigenvalue weighted by Crippen LogP contribution is -2.30. The topological polar surface area (TPSA) is 105 Å². The molecular formula is C20H23NO6. The molecule has 27 heavy (non-hydrogen) atoms. The summed E-state index contributed by atoms with van der Waals surface area (Å²) in [6.07, 6.45) is -2.40. The lowest BCUT2D eigenvalue weighted by Gasteiger charge is -2.20. The van der Waals surface area contributed by atoms with Crippen molar-refractivity contribution in [1.29, 1.82) is 0 Å². The van der Waals surface area contributed by atoms with Crippen LogP contribution in [0.4, 0.5) is 4.79 Å². The fraction of sp³-hybridized carbons (Fsp3) is 0.300. The minimum atomic E-state index is -1.29. The van der Waals surface area contributed by atoms with Gasteiger partial charge < -0.3 is 25.0 Å². The van der Waals surface area contributed by atoms with Crippen molar-refractivity contribution in [3.63, 3.8) is 0 Å². The Morgan fingerprint density at radius 1 is 1.19 bits per heavy atom. The van der Waals surface area contributed by atoms with Gasteiger partial charge in [-0.15, -0.1) is 0 Å². The van der Waals surface area contributed by atoms with Crippen molar-refractivity contribution in [2.24, 2.45) is 0 Å². The Balaban J connectivity index is 1.82. The lowest BCUT2D eigenvalue weighted by atomic mass is 9.97. The van der Waals surface area contributed by atoms with Gasteiger partial charge in [0.1, 0.15) is 24.7 Å². The normalized spacial score (nSPS) is 12.7. The average molecular weight is 373 g/mol. The molecule has 0 aliphatic carbocycles. The van der Waals surface area contributed by atoms with E-state index in [4.69, 9.17) is 9.47 Å². The number of alkyl carbamates (subject to hydrolysis) is 1. The van der Waals surface area contributed by atoms with Crippen LogP contribution in [0.3, 0.4) is 0 Å². The number of rotatable bonds is 9. The number of aldehydes is 1. The molecule has 7 heteroatoms. The van der Waals surface area contributed by atoms with Gasteiger partial charge in [-0.1, -0.05) is 30.3 Å². The average Bonchev–Trinajstić information content (AvgIpc) is 2.71. The van der Waals surface area contributed by atoms with Crippen molar-refractivity contribution in [2.75, 3.05) is 13.7 Å². The minimum Gasteiger partial charge on any atom is -0.497 e. The summed E-state index contributed by atoms with van der Waals surface area (Å²) in [5.74, 6) is 0.462. The van der Waals surface area contributed by atoms with Crippen molar-refractivity contribution in [1.82, 2.24) is 5.32 Å². The van der Waals surface area contributed by atoms with Crippen LogP contribution in [0.15, 0.2) is 48.5 Å². The highest BCUT2D eigenvalue weighted by Gasteiger charge is 2.22. The molecular weight excluding hydrogens is 350 g/mol. The van der Waals surface area contributed by atoms with Gasteiger partial charge in [-0.05, 0) is 35.7 Å². The summed E-state index contributed by atoms with van der Waals surface area (Å²) in [7, 11) is 1.47. The van der Waals surface area contributed by atoms with E-state index < -0.39 is 18.3 Å². The first-order chi connectivity index (χ1) is 13.0. The van der Waals surface area contributed by atoms with Gasteiger partial charge in [0.2, 0.25) is 0 Å². The summed E-state index contributed by atoms with van der Waals surface area (Å²) in [5, 5.41) is 23.0. The standard InChI is InChI=1S/C20H23NO6/c1-26-16-8-7-15(12-22)17(11-16)19(24)18(23)9-10-21-20(25)27-13-14-5-3-2-4-6-14/h2-8,11-12,18-19,23-24H,9-10,13H2,1H3,(H,21,25). The van der Waals surface area contributed by atoms with Gasteiger partial charge in [0.05, 0.1) is 13.2 Å². The smallest absolute Gasteiger partial charge is 0.407 e. The zero-order valence-corrected chi connectivity index (χ0v) is 15.0. The summed E-state index contributed by atoms with van der Waals surface area (Å²) in [4.78, 5) is 22.8. The molecule has 2 unspecified atom stereocenters. The molecule has 7 nitrogen and oxygen atoms in total. The molecule has 0 aliphatic heterocycles. The second kappa shape index (κ2) is 10.3. The van der Waals surface area contributed by atoms with Crippen molar-refractivity contribution >= 4 is 12.4 Å². The fourth-order valence-corrected chi connectivity index (χ4v) is 2.50. The number of nitrogens with one attached hydrogen (secondary N) is 1. The number of hydrogen-bond donors (Lipinski definition) is 3. The number of carbonyl (C=O) groups excluding carboxylic acids is 2. The molecule has 2 atom stereocenters. The van der Waals surface area contributed by atoms with Crippen LogP contribution in [0.1, 0.15) is 34.0 Å². The first kappa shape index (κ1) is 20.4. The second-order valence-corrected chi connectivity index (χ2v) is 5.90. The van der Waals surface area contributed by atoms with Crippen LogP contribution in [0.5, 0.6) is 5.75 Å². The van der Waals surface area contributed by atoms with E-state index in [9.17, 15) is 19.8 Å². The monoisotopic (exact) mass is 373 g/mol. The molecule has 2 aromatic carbocycles. The van der Waals surface area contributed by atoms with E-state index in [0.717, 1.165) is 5.56 Å². The molecule has 0 aromatic heterocycles. The first-order valence-corrected chi connectivity index (χ1v) is 8.49. The number of ether oxygens (including phenoxy) is 2. The molecule has 0 bridgehead atoms. The number of aliphatic hydroxyl groups excluding tert-OH is 2. The number of benzene rings is 2. The summed E-state index contributed by atoms with van der Waals surface area (Å²) >= 11 is 0. The summed E-state index contributed by atoms with van der Waals surface area (Å²) in [5.41, 5.74) is 1.39. The molecule has 0 aliphatic rings. The van der Waals surface area contributed by atoms with E-state index in [1.54, 1.807) is 6.07 Å². The Kier molecular flexibility index (Phi) is 7.79. The number of amides is 1. The van der Waals surface area contributed by atoms with E-state index in [1.807, 2.05) is 30.3 Å². The molecule has 1 amide bonds. The fourth-order valence-electron chi connectivity index (χ4n) is 2.50. The highest BCUT2D eigenvalue weighted by molar-refractivity contribution is 5.78. The van der Waals surface area contributed by atoms with Crippen molar-refractivity contribution in [3.05, 3.63) is 65.2 Å². The minimum absolute atomic E-state index is 0.0805. The van der Waals surface area contributed by atoms with E-state index >= 15 is 0 Å². The van der Waals surface area contributed by atoms with E-state index in [1.165, 1.54) is 19.2 Å². The van der Waals surface area contributed by atoms with E-state index in [0.29, 0.717) is 12.0 Å². The molecule has 2 aromatic rings. The molecule has 0 radical (unpaired) electrons. The Labute approximate surface area is 157 Å². The molecule has 0 saturated heterocycles. The predicted octanol–water partition coefficient (Wildman–Crippen LogP) is 2.22. The lowest BCUT2D eigenvalue weighted by molar-refractivity contribution is 0.0132. The van der Waals surface area contributed by atoms with Crippen molar-refractivity contribution in [3.8, 4) is 5.75 Å².